The Balaban J connectivity index is 2.81. The van der Waals surface area contributed by atoms with Crippen LogP contribution in [0.25, 0.3) is 5.57 Å². The number of nitrogens with zero attached hydrogens (tertiary/aromatic N) is 1. The number of carbonyl (C=O) groups is 1. The lowest BCUT2D eigenvalue weighted by Crippen LogP contribution is -2.23. The topological polar surface area (TPSA) is 29.5 Å². The van der Waals surface area contributed by atoms with Crippen molar-refractivity contribution >= 4 is 11.5 Å². The number of carbonyl (C=O) groups excluding carboxylic acids is 1. The predicted octanol–water partition coefficient (Wildman–Crippen LogP) is 2.11. The molecule has 0 aliphatic carbocycles. The monoisotopic (exact) mass is 205 g/mol. The molecule has 1 rings (SSSR count). The van der Waals surface area contributed by atoms with Crippen molar-refractivity contribution in [1.82, 2.24) is 5.06 Å². The minimum absolute atomic E-state index is 0.168. The Morgan fingerprint density at radius 1 is 1.33 bits per heavy atom. The lowest BCUT2D eigenvalue weighted by atomic mass is 10.1. The van der Waals surface area contributed by atoms with Crippen LogP contribution in [0.1, 0.15) is 12.5 Å². The number of hydroxylamine groups is 2. The maximum absolute atomic E-state index is 11.5. The summed E-state index contributed by atoms with van der Waals surface area (Å²) in [5, 5.41) is 1.19. The van der Waals surface area contributed by atoms with Gasteiger partial charge in [-0.2, -0.15) is 0 Å². The zero-order chi connectivity index (χ0) is 11.3. The number of rotatable bonds is 3. The molecule has 0 bridgehead atoms. The number of hydrogen-bond donors (Lipinski definition) is 0. The second-order valence-electron chi connectivity index (χ2n) is 3.21. The first kappa shape index (κ1) is 11.5. The van der Waals surface area contributed by atoms with Crippen LogP contribution >= 0.6 is 0 Å². The van der Waals surface area contributed by atoms with Crippen LogP contribution in [-0.4, -0.2) is 25.1 Å². The average molecular weight is 205 g/mol. The Hall–Kier alpha value is -1.61. The summed E-state index contributed by atoms with van der Waals surface area (Å²) in [6, 6.07) is 9.76. The zero-order valence-corrected chi connectivity index (χ0v) is 9.23. The smallest absolute Gasteiger partial charge is 0.270 e. The van der Waals surface area contributed by atoms with E-state index in [0.717, 1.165) is 11.1 Å². The van der Waals surface area contributed by atoms with Gasteiger partial charge < -0.3 is 0 Å². The van der Waals surface area contributed by atoms with Crippen LogP contribution in [0.4, 0.5) is 0 Å². The molecule has 0 atom stereocenters. The maximum atomic E-state index is 11.5. The first-order chi connectivity index (χ1) is 7.15. The normalized spacial score (nSPS) is 11.3. The Morgan fingerprint density at radius 3 is 2.47 bits per heavy atom. The molecular weight excluding hydrogens is 190 g/mol. The van der Waals surface area contributed by atoms with Gasteiger partial charge in [-0.25, -0.2) is 5.06 Å². The molecule has 1 aromatic rings. The third kappa shape index (κ3) is 3.22. The highest BCUT2D eigenvalue weighted by Crippen LogP contribution is 2.12. The van der Waals surface area contributed by atoms with Crippen LogP contribution in [-0.2, 0) is 9.63 Å². The molecule has 0 fully saturated rings. The number of amides is 1. The number of hydrogen-bond acceptors (Lipinski definition) is 2. The van der Waals surface area contributed by atoms with Gasteiger partial charge >= 0.3 is 0 Å². The fourth-order valence-electron chi connectivity index (χ4n) is 1.15. The van der Waals surface area contributed by atoms with Crippen LogP contribution in [0.3, 0.4) is 0 Å². The molecule has 15 heavy (non-hydrogen) atoms. The summed E-state index contributed by atoms with van der Waals surface area (Å²) in [7, 11) is 3.04. The van der Waals surface area contributed by atoms with Gasteiger partial charge in [0, 0.05) is 13.1 Å². The van der Waals surface area contributed by atoms with Crippen LogP contribution in [0.2, 0.25) is 0 Å². The highest BCUT2D eigenvalue weighted by molar-refractivity contribution is 5.94. The fourth-order valence-corrected chi connectivity index (χ4v) is 1.15. The van der Waals surface area contributed by atoms with Crippen molar-refractivity contribution in [1.29, 1.82) is 0 Å². The molecule has 0 saturated heterocycles. The van der Waals surface area contributed by atoms with Crippen molar-refractivity contribution in [3.05, 3.63) is 42.0 Å². The first-order valence-corrected chi connectivity index (χ1v) is 4.70. The van der Waals surface area contributed by atoms with Gasteiger partial charge in [0.1, 0.15) is 0 Å². The molecule has 3 nitrogen and oxygen atoms in total. The van der Waals surface area contributed by atoms with Crippen molar-refractivity contribution in [2.75, 3.05) is 14.2 Å². The van der Waals surface area contributed by atoms with E-state index in [9.17, 15) is 4.79 Å². The predicted molar refractivity (Wildman–Crippen MR) is 59.9 cm³/mol. The standard InChI is InChI=1S/C12H15NO2/c1-10(9-12(14)13(2)15-3)11-7-5-4-6-8-11/h4-9H,1-3H3/b10-9+. The second kappa shape index (κ2) is 5.32. The summed E-state index contributed by atoms with van der Waals surface area (Å²) in [5.74, 6) is -0.168. The van der Waals surface area contributed by atoms with Gasteiger partial charge in [0.25, 0.3) is 5.91 Å². The SMILES string of the molecule is CON(C)C(=O)/C=C(\C)c1ccccc1. The Morgan fingerprint density at radius 2 is 1.93 bits per heavy atom. The Bertz CT molecular complexity index is 357. The molecule has 80 valence electrons. The van der Waals surface area contributed by atoms with Gasteiger partial charge in [-0.3, -0.25) is 9.63 Å². The molecule has 0 aliphatic heterocycles. The highest BCUT2D eigenvalue weighted by atomic mass is 16.7. The third-order valence-electron chi connectivity index (χ3n) is 2.15. The van der Waals surface area contributed by atoms with E-state index in [1.54, 1.807) is 13.1 Å². The van der Waals surface area contributed by atoms with Gasteiger partial charge in [0.05, 0.1) is 7.11 Å². The molecule has 0 saturated carbocycles. The van der Waals surface area contributed by atoms with E-state index in [2.05, 4.69) is 0 Å². The molecule has 3 heteroatoms. The molecule has 0 heterocycles. The fraction of sp³-hybridized carbons (Fsp3) is 0.250. The third-order valence-corrected chi connectivity index (χ3v) is 2.15. The first-order valence-electron chi connectivity index (χ1n) is 4.70. The van der Waals surface area contributed by atoms with E-state index in [0.29, 0.717) is 0 Å². The van der Waals surface area contributed by atoms with E-state index in [4.69, 9.17) is 4.84 Å². The maximum Gasteiger partial charge on any atom is 0.270 e. The molecule has 1 aromatic carbocycles. The Kier molecular flexibility index (Phi) is 4.06. The molecule has 0 aromatic heterocycles. The van der Waals surface area contributed by atoms with Gasteiger partial charge in [-0.1, -0.05) is 30.3 Å². The quantitative estimate of drug-likeness (QED) is 0.558. The molecule has 0 N–H and O–H groups in total. The van der Waals surface area contributed by atoms with Crippen LogP contribution in [0.15, 0.2) is 36.4 Å². The van der Waals surface area contributed by atoms with Crippen LogP contribution in [0, 0.1) is 0 Å². The Labute approximate surface area is 89.9 Å². The lowest BCUT2D eigenvalue weighted by Gasteiger charge is -2.11. The largest absolute Gasteiger partial charge is 0.274 e. The molecule has 0 unspecified atom stereocenters. The number of likely N-dealkylation sites (N-methyl/N-ethyl adjacent to an activating group) is 1. The molecule has 1 amide bonds. The minimum atomic E-state index is -0.168. The zero-order valence-electron chi connectivity index (χ0n) is 9.23. The van der Waals surface area contributed by atoms with Crippen molar-refractivity contribution in [2.45, 2.75) is 6.92 Å². The van der Waals surface area contributed by atoms with E-state index in [-0.39, 0.29) is 5.91 Å². The van der Waals surface area contributed by atoms with Crippen molar-refractivity contribution < 1.29 is 9.63 Å². The van der Waals surface area contributed by atoms with E-state index < -0.39 is 0 Å². The molecule has 0 aliphatic rings. The van der Waals surface area contributed by atoms with Crippen LogP contribution in [0.5, 0.6) is 0 Å². The van der Waals surface area contributed by atoms with Crippen LogP contribution < -0.4 is 0 Å². The highest BCUT2D eigenvalue weighted by Gasteiger charge is 2.04. The van der Waals surface area contributed by atoms with E-state index in [1.807, 2.05) is 37.3 Å². The average Bonchev–Trinajstić information content (AvgIpc) is 2.29. The molecular formula is C12H15NO2. The van der Waals surface area contributed by atoms with E-state index >= 15 is 0 Å². The summed E-state index contributed by atoms with van der Waals surface area (Å²) in [6.07, 6.45) is 1.55. The van der Waals surface area contributed by atoms with E-state index in [1.165, 1.54) is 12.2 Å². The molecule has 0 spiro atoms. The van der Waals surface area contributed by atoms with Gasteiger partial charge in [0.15, 0.2) is 0 Å². The van der Waals surface area contributed by atoms with Gasteiger partial charge in [-0.05, 0) is 18.1 Å². The summed E-state index contributed by atoms with van der Waals surface area (Å²) in [6.45, 7) is 1.90. The summed E-state index contributed by atoms with van der Waals surface area (Å²) >= 11 is 0. The minimum Gasteiger partial charge on any atom is -0.274 e. The van der Waals surface area contributed by atoms with Crippen molar-refractivity contribution in [3.63, 3.8) is 0 Å². The summed E-state index contributed by atoms with van der Waals surface area (Å²) < 4.78 is 0. The van der Waals surface area contributed by atoms with Crippen molar-refractivity contribution in [3.8, 4) is 0 Å². The van der Waals surface area contributed by atoms with Gasteiger partial charge in [-0.15, -0.1) is 0 Å². The number of benzene rings is 1. The number of allylic oxidation sites excluding steroid dienone is 1. The second-order valence-corrected chi connectivity index (χ2v) is 3.21. The molecule has 0 radical (unpaired) electrons. The van der Waals surface area contributed by atoms with Gasteiger partial charge in [0.2, 0.25) is 0 Å². The summed E-state index contributed by atoms with van der Waals surface area (Å²) in [4.78, 5) is 16.3. The lowest BCUT2D eigenvalue weighted by molar-refractivity contribution is -0.162. The van der Waals surface area contributed by atoms with Crippen molar-refractivity contribution in [2.24, 2.45) is 0 Å². The summed E-state index contributed by atoms with van der Waals surface area (Å²) in [5.41, 5.74) is 1.96.